The van der Waals surface area contributed by atoms with Crippen LogP contribution in [0.25, 0.3) is 0 Å². The quantitative estimate of drug-likeness (QED) is 0.716. The molecular weight excluding hydrogens is 372 g/mol. The van der Waals surface area contributed by atoms with Crippen LogP contribution in [-0.2, 0) is 9.59 Å². The molecule has 2 saturated carbocycles. The van der Waals surface area contributed by atoms with Crippen molar-refractivity contribution in [3.63, 3.8) is 0 Å². The highest BCUT2D eigenvalue weighted by molar-refractivity contribution is 6.30. The average Bonchev–Trinajstić information content (AvgIpc) is 2.71. The van der Waals surface area contributed by atoms with Gasteiger partial charge in [-0.25, -0.2) is 0 Å². The van der Waals surface area contributed by atoms with E-state index in [-0.39, 0.29) is 30.4 Å². The van der Waals surface area contributed by atoms with Gasteiger partial charge in [-0.05, 0) is 62.1 Å². The highest BCUT2D eigenvalue weighted by Gasteiger charge is 2.45. The van der Waals surface area contributed by atoms with E-state index in [1.165, 1.54) is 6.42 Å². The number of benzene rings is 1. The summed E-state index contributed by atoms with van der Waals surface area (Å²) in [4.78, 5) is 30.8. The number of nitrogens with zero attached hydrogens (tertiary/aromatic N) is 2. The van der Waals surface area contributed by atoms with Gasteiger partial charge in [0.1, 0.15) is 12.6 Å². The molecule has 4 nitrogen and oxygen atoms in total. The Labute approximate surface area is 173 Å². The van der Waals surface area contributed by atoms with Gasteiger partial charge in [-0.1, -0.05) is 49.9 Å². The first kappa shape index (κ1) is 19.8. The van der Waals surface area contributed by atoms with Crippen LogP contribution < -0.4 is 0 Å². The fourth-order valence-corrected chi connectivity index (χ4v) is 5.44. The second-order valence-electron chi connectivity index (χ2n) is 8.93. The summed E-state index contributed by atoms with van der Waals surface area (Å²) in [6, 6.07) is 7.38. The molecule has 28 heavy (non-hydrogen) atoms. The Kier molecular flexibility index (Phi) is 5.96. The zero-order chi connectivity index (χ0) is 19.7. The number of carbonyl (C=O) groups is 2. The third-order valence-corrected chi connectivity index (χ3v) is 7.22. The van der Waals surface area contributed by atoms with Gasteiger partial charge in [0.15, 0.2) is 0 Å². The van der Waals surface area contributed by atoms with Gasteiger partial charge in [0.2, 0.25) is 5.91 Å². The zero-order valence-electron chi connectivity index (χ0n) is 16.8. The Hall–Kier alpha value is -1.55. The van der Waals surface area contributed by atoms with Crippen LogP contribution in [0.2, 0.25) is 5.02 Å². The molecule has 152 valence electrons. The van der Waals surface area contributed by atoms with E-state index in [2.05, 4.69) is 6.92 Å². The van der Waals surface area contributed by atoms with Gasteiger partial charge >= 0.3 is 0 Å². The molecule has 4 rings (SSSR count). The molecule has 0 radical (unpaired) electrons. The number of amides is 2. The maximum Gasteiger partial charge on any atom is 0.250 e. The van der Waals surface area contributed by atoms with E-state index in [1.807, 2.05) is 34.1 Å². The normalized spacial score (nSPS) is 30.0. The van der Waals surface area contributed by atoms with Crippen molar-refractivity contribution in [2.75, 3.05) is 6.54 Å². The van der Waals surface area contributed by atoms with Gasteiger partial charge in [-0.15, -0.1) is 0 Å². The molecule has 2 amide bonds. The molecule has 1 aliphatic heterocycles. The topological polar surface area (TPSA) is 40.6 Å². The van der Waals surface area contributed by atoms with Crippen LogP contribution in [0.15, 0.2) is 24.3 Å². The molecule has 0 unspecified atom stereocenters. The number of halogens is 1. The van der Waals surface area contributed by atoms with Gasteiger partial charge in [-0.2, -0.15) is 0 Å². The molecule has 3 aliphatic rings. The van der Waals surface area contributed by atoms with Crippen LogP contribution in [0.1, 0.15) is 76.3 Å². The van der Waals surface area contributed by atoms with Gasteiger partial charge in [0.25, 0.3) is 5.91 Å². The second kappa shape index (κ2) is 8.44. The van der Waals surface area contributed by atoms with E-state index in [1.54, 1.807) is 0 Å². The molecule has 0 spiro atoms. The smallest absolute Gasteiger partial charge is 0.250 e. The van der Waals surface area contributed by atoms with E-state index in [0.29, 0.717) is 5.02 Å². The monoisotopic (exact) mass is 402 g/mol. The molecule has 2 aliphatic carbocycles. The number of piperazine rings is 1. The highest BCUT2D eigenvalue weighted by Crippen LogP contribution is 2.37. The van der Waals surface area contributed by atoms with Gasteiger partial charge in [-0.3, -0.25) is 9.59 Å². The Morgan fingerprint density at radius 2 is 1.50 bits per heavy atom. The SMILES string of the molecule is CC1CCC(N2CC(=O)N(C3CCCCC3)[C@H](c3ccc(Cl)cc3)C2=O)CC1. The number of hydrogen-bond acceptors (Lipinski definition) is 2. The van der Waals surface area contributed by atoms with Gasteiger partial charge in [0.05, 0.1) is 0 Å². The summed E-state index contributed by atoms with van der Waals surface area (Å²) in [5, 5.41) is 0.653. The van der Waals surface area contributed by atoms with Crippen LogP contribution in [0.4, 0.5) is 0 Å². The first-order valence-electron chi connectivity index (χ1n) is 10.9. The fraction of sp³-hybridized carbons (Fsp3) is 0.652. The summed E-state index contributed by atoms with van der Waals surface area (Å²) in [6.45, 7) is 2.53. The molecule has 5 heteroatoms. The molecular formula is C23H31ClN2O2. The number of carbonyl (C=O) groups excluding carboxylic acids is 2. The standard InChI is InChI=1S/C23H31ClN2O2/c1-16-7-13-19(14-8-16)25-15-21(27)26(20-5-3-2-4-6-20)22(23(25)28)17-9-11-18(24)12-10-17/h9-12,16,19-20,22H,2-8,13-15H2,1H3/t16?,19?,22-/m1/s1. The van der Waals surface area contributed by atoms with Crippen molar-refractivity contribution in [1.82, 2.24) is 9.80 Å². The van der Waals surface area contributed by atoms with Crippen molar-refractivity contribution in [2.24, 2.45) is 5.92 Å². The predicted molar refractivity (Wildman–Crippen MR) is 111 cm³/mol. The lowest BCUT2D eigenvalue weighted by atomic mass is 9.85. The minimum atomic E-state index is -0.499. The molecule has 1 aromatic rings. The van der Waals surface area contributed by atoms with Crippen molar-refractivity contribution < 1.29 is 9.59 Å². The molecule has 0 bridgehead atoms. The molecule has 3 fully saturated rings. The Balaban J connectivity index is 1.64. The lowest BCUT2D eigenvalue weighted by Gasteiger charge is -2.48. The predicted octanol–water partition coefficient (Wildman–Crippen LogP) is 4.96. The summed E-state index contributed by atoms with van der Waals surface area (Å²) in [5.74, 6) is 0.940. The fourth-order valence-electron chi connectivity index (χ4n) is 5.31. The summed E-state index contributed by atoms with van der Waals surface area (Å²) >= 11 is 6.09. The lowest BCUT2D eigenvalue weighted by molar-refractivity contribution is -0.162. The molecule has 1 saturated heterocycles. The van der Waals surface area contributed by atoms with E-state index in [0.717, 1.165) is 62.8 Å². The summed E-state index contributed by atoms with van der Waals surface area (Å²) < 4.78 is 0. The molecule has 1 atom stereocenters. The third kappa shape index (κ3) is 3.94. The minimum Gasteiger partial charge on any atom is -0.328 e. The lowest BCUT2D eigenvalue weighted by Crippen LogP contribution is -2.61. The van der Waals surface area contributed by atoms with E-state index >= 15 is 0 Å². The van der Waals surface area contributed by atoms with Crippen molar-refractivity contribution in [1.29, 1.82) is 0 Å². The highest BCUT2D eigenvalue weighted by atomic mass is 35.5. The molecule has 0 aromatic heterocycles. The number of rotatable bonds is 3. The summed E-state index contributed by atoms with van der Waals surface area (Å²) in [5.41, 5.74) is 0.891. The summed E-state index contributed by atoms with van der Waals surface area (Å²) in [6.07, 6.45) is 9.81. The Bertz CT molecular complexity index is 706. The van der Waals surface area contributed by atoms with Crippen LogP contribution in [0.5, 0.6) is 0 Å². The van der Waals surface area contributed by atoms with Crippen molar-refractivity contribution in [2.45, 2.75) is 82.8 Å². The zero-order valence-corrected chi connectivity index (χ0v) is 17.5. The van der Waals surface area contributed by atoms with Crippen LogP contribution in [0.3, 0.4) is 0 Å². The molecule has 0 N–H and O–H groups in total. The van der Waals surface area contributed by atoms with E-state index < -0.39 is 6.04 Å². The van der Waals surface area contributed by atoms with Gasteiger partial charge < -0.3 is 9.80 Å². The first-order valence-corrected chi connectivity index (χ1v) is 11.3. The van der Waals surface area contributed by atoms with E-state index in [9.17, 15) is 9.59 Å². The number of hydrogen-bond donors (Lipinski definition) is 0. The largest absolute Gasteiger partial charge is 0.328 e. The van der Waals surface area contributed by atoms with Crippen LogP contribution in [-0.4, -0.2) is 40.2 Å². The minimum absolute atomic E-state index is 0.104. The average molecular weight is 403 g/mol. The molecule has 1 aromatic carbocycles. The van der Waals surface area contributed by atoms with Crippen LogP contribution in [0, 0.1) is 5.92 Å². The maximum atomic E-state index is 13.7. The van der Waals surface area contributed by atoms with E-state index in [4.69, 9.17) is 11.6 Å². The molecule has 1 heterocycles. The third-order valence-electron chi connectivity index (χ3n) is 6.97. The van der Waals surface area contributed by atoms with Gasteiger partial charge in [0, 0.05) is 17.1 Å². The second-order valence-corrected chi connectivity index (χ2v) is 9.36. The Morgan fingerprint density at radius 3 is 2.14 bits per heavy atom. The van der Waals surface area contributed by atoms with Crippen LogP contribution >= 0.6 is 11.6 Å². The van der Waals surface area contributed by atoms with Crippen molar-refractivity contribution >= 4 is 23.4 Å². The maximum absolute atomic E-state index is 13.7. The summed E-state index contributed by atoms with van der Waals surface area (Å²) in [7, 11) is 0. The van der Waals surface area contributed by atoms with Crippen molar-refractivity contribution in [3.8, 4) is 0 Å². The van der Waals surface area contributed by atoms with Crippen molar-refractivity contribution in [3.05, 3.63) is 34.9 Å². The Morgan fingerprint density at radius 1 is 0.857 bits per heavy atom. The first-order chi connectivity index (χ1) is 13.5.